The number of nitrogens with one attached hydrogen (secondary N) is 2. The average molecular weight is 422 g/mol. The molecule has 3 rings (SSSR count). The Morgan fingerprint density at radius 3 is 2.59 bits per heavy atom. The van der Waals surface area contributed by atoms with Crippen LogP contribution in [0.1, 0.15) is 38.7 Å². The van der Waals surface area contributed by atoms with Crippen LogP contribution in [-0.2, 0) is 11.3 Å². The molecule has 2 aliphatic rings. The second-order valence-corrected chi connectivity index (χ2v) is 8.61. The molecule has 6 nitrogen and oxygen atoms in total. The highest BCUT2D eigenvalue weighted by Crippen LogP contribution is 2.32. The van der Waals surface area contributed by atoms with Crippen LogP contribution in [0, 0.1) is 17.8 Å². The Morgan fingerprint density at radius 2 is 2.03 bits per heavy atom. The fraction of sp³-hybridized carbons (Fsp3) is 0.545. The first kappa shape index (κ1) is 23.4. The van der Waals surface area contributed by atoms with Gasteiger partial charge in [0.1, 0.15) is 0 Å². The highest BCUT2D eigenvalue weighted by Gasteiger charge is 2.31. The molecule has 29 heavy (non-hydrogen) atoms. The van der Waals surface area contributed by atoms with E-state index in [9.17, 15) is 9.59 Å². The predicted molar refractivity (Wildman–Crippen MR) is 117 cm³/mol. The summed E-state index contributed by atoms with van der Waals surface area (Å²) in [5, 5.41) is 4.22. The number of likely N-dealkylation sites (tertiary alicyclic amines) is 1. The lowest BCUT2D eigenvalue weighted by atomic mass is 9.80. The van der Waals surface area contributed by atoms with Crippen LogP contribution in [0.4, 0.5) is 0 Å². The van der Waals surface area contributed by atoms with Crippen molar-refractivity contribution in [3.05, 3.63) is 57.5 Å². The average Bonchev–Trinajstić information content (AvgIpc) is 2.70. The number of allylic oxidation sites excluding steroid dienone is 4. The first-order valence-electron chi connectivity index (χ1n) is 10.2. The highest BCUT2D eigenvalue weighted by atomic mass is 35.5. The van der Waals surface area contributed by atoms with Crippen molar-refractivity contribution in [3.63, 3.8) is 0 Å². The maximum Gasteiger partial charge on any atom is 0.247 e. The van der Waals surface area contributed by atoms with Gasteiger partial charge >= 0.3 is 0 Å². The number of carbonyl (C=O) groups excluding carboxylic acids is 1. The lowest BCUT2D eigenvalue weighted by Crippen LogP contribution is -2.51. The number of amides is 1. The zero-order valence-electron chi connectivity index (χ0n) is 17.2. The van der Waals surface area contributed by atoms with E-state index >= 15 is 0 Å². The van der Waals surface area contributed by atoms with Crippen LogP contribution in [0.3, 0.4) is 0 Å². The van der Waals surface area contributed by atoms with Crippen LogP contribution in [0.5, 0.6) is 0 Å². The van der Waals surface area contributed by atoms with Crippen LogP contribution in [0.15, 0.2) is 46.4 Å². The van der Waals surface area contributed by atoms with Gasteiger partial charge in [-0.15, -0.1) is 0 Å². The molecule has 1 saturated heterocycles. The number of aromatic amines is 1. The van der Waals surface area contributed by atoms with E-state index in [0.29, 0.717) is 18.4 Å². The molecule has 2 atom stereocenters. The van der Waals surface area contributed by atoms with Crippen LogP contribution in [0.25, 0.3) is 0 Å². The van der Waals surface area contributed by atoms with E-state index in [0.717, 1.165) is 42.9 Å². The first-order chi connectivity index (χ1) is 13.4. The van der Waals surface area contributed by atoms with Gasteiger partial charge < -0.3 is 20.7 Å². The molecule has 1 aromatic heterocycles. The molecule has 1 aromatic rings. The van der Waals surface area contributed by atoms with Crippen molar-refractivity contribution >= 4 is 17.5 Å². The highest BCUT2D eigenvalue weighted by molar-refractivity contribution is 6.31. The molecule has 1 aliphatic heterocycles. The largest absolute Gasteiger partial charge is 0.412 e. The summed E-state index contributed by atoms with van der Waals surface area (Å²) in [7, 11) is 0. The maximum atomic E-state index is 13.1. The number of carbonyl (C=O) groups is 1. The third-order valence-electron chi connectivity index (χ3n) is 5.85. The molecular weight excluding hydrogens is 390 g/mol. The summed E-state index contributed by atoms with van der Waals surface area (Å²) < 4.78 is 0. The number of halogens is 1. The smallest absolute Gasteiger partial charge is 0.247 e. The summed E-state index contributed by atoms with van der Waals surface area (Å²) in [6.07, 6.45) is 11.1. The molecule has 0 bridgehead atoms. The molecule has 0 spiro atoms. The first-order valence-corrected chi connectivity index (χ1v) is 10.6. The Balaban J connectivity index is 0.00000300. The lowest BCUT2D eigenvalue weighted by Gasteiger charge is -2.38. The number of H-pyrrole nitrogens is 1. The zero-order valence-corrected chi connectivity index (χ0v) is 17.9. The van der Waals surface area contributed by atoms with Crippen molar-refractivity contribution in [3.8, 4) is 0 Å². The zero-order chi connectivity index (χ0) is 20.1. The van der Waals surface area contributed by atoms with E-state index in [1.807, 2.05) is 11.0 Å². The summed E-state index contributed by atoms with van der Waals surface area (Å²) >= 11 is 6.03. The molecule has 7 heteroatoms. The summed E-state index contributed by atoms with van der Waals surface area (Å²) in [5.74, 6) is 1.54. The van der Waals surface area contributed by atoms with Gasteiger partial charge in [-0.3, -0.25) is 9.59 Å². The van der Waals surface area contributed by atoms with Gasteiger partial charge in [0.2, 0.25) is 11.5 Å². The normalized spacial score (nSPS) is 20.9. The SMILES string of the molecule is CC(C)[C@@H](NCc1ccc(=O)[nH]c1)C(=O)N1CCC(C2C=CC(Cl)=CC2)CC1.O. The molecule has 0 radical (unpaired) electrons. The predicted octanol–water partition coefficient (Wildman–Crippen LogP) is 2.60. The van der Waals surface area contributed by atoms with E-state index in [-0.39, 0.29) is 28.9 Å². The summed E-state index contributed by atoms with van der Waals surface area (Å²) in [4.78, 5) is 29.0. The minimum atomic E-state index is -0.222. The van der Waals surface area contributed by atoms with Gasteiger partial charge in [0.25, 0.3) is 0 Å². The monoisotopic (exact) mass is 421 g/mol. The molecule has 0 saturated carbocycles. The van der Waals surface area contributed by atoms with Crippen molar-refractivity contribution in [2.45, 2.75) is 45.7 Å². The minimum Gasteiger partial charge on any atom is -0.412 e. The van der Waals surface area contributed by atoms with Gasteiger partial charge in [-0.05, 0) is 48.7 Å². The molecule has 0 aromatic carbocycles. The Morgan fingerprint density at radius 1 is 1.31 bits per heavy atom. The van der Waals surface area contributed by atoms with Crippen molar-refractivity contribution in [2.75, 3.05) is 13.1 Å². The Labute approximate surface area is 177 Å². The van der Waals surface area contributed by atoms with Crippen LogP contribution in [-0.4, -0.2) is 40.4 Å². The third-order valence-corrected chi connectivity index (χ3v) is 6.13. The summed E-state index contributed by atoms with van der Waals surface area (Å²) in [5.41, 5.74) is 0.848. The Kier molecular flexibility index (Phi) is 8.68. The van der Waals surface area contributed by atoms with Gasteiger partial charge in [-0.1, -0.05) is 43.7 Å². The fourth-order valence-electron chi connectivity index (χ4n) is 4.09. The standard InChI is InChI=1S/C22H30ClN3O2.H2O/c1-15(2)21(25-14-16-3-8-20(27)24-13-16)22(28)26-11-9-18(10-12-26)17-4-6-19(23)7-5-17;/h3-4,6-8,13,15,17-18,21,25H,5,9-12,14H2,1-2H3,(H,24,27);1H2/t17?,21-;/m1./s1. The number of hydrogen-bond acceptors (Lipinski definition) is 3. The molecule has 2 heterocycles. The minimum absolute atomic E-state index is 0. The molecule has 1 unspecified atom stereocenters. The van der Waals surface area contributed by atoms with Crippen molar-refractivity contribution < 1.29 is 10.3 Å². The molecule has 160 valence electrons. The quantitative estimate of drug-likeness (QED) is 0.738. The molecule has 1 amide bonds. The van der Waals surface area contributed by atoms with Gasteiger partial charge in [0.05, 0.1) is 6.04 Å². The molecular formula is C22H32ClN3O3. The van der Waals surface area contributed by atoms with Gasteiger partial charge in [0.15, 0.2) is 0 Å². The lowest BCUT2D eigenvalue weighted by molar-refractivity contribution is -0.136. The Bertz CT molecular complexity index is 774. The van der Waals surface area contributed by atoms with Crippen LogP contribution < -0.4 is 10.9 Å². The maximum absolute atomic E-state index is 13.1. The van der Waals surface area contributed by atoms with E-state index in [2.05, 4.69) is 36.3 Å². The van der Waals surface area contributed by atoms with E-state index in [1.54, 1.807) is 12.3 Å². The summed E-state index contributed by atoms with van der Waals surface area (Å²) in [6, 6.07) is 3.08. The van der Waals surface area contributed by atoms with Crippen LogP contribution in [0.2, 0.25) is 0 Å². The van der Waals surface area contributed by atoms with Crippen molar-refractivity contribution in [1.82, 2.24) is 15.2 Å². The molecule has 1 fully saturated rings. The number of rotatable bonds is 6. The van der Waals surface area contributed by atoms with Crippen molar-refractivity contribution in [2.24, 2.45) is 17.8 Å². The van der Waals surface area contributed by atoms with Crippen LogP contribution >= 0.6 is 11.6 Å². The summed E-state index contributed by atoms with van der Waals surface area (Å²) in [6.45, 7) is 6.32. The van der Waals surface area contributed by atoms with Crippen molar-refractivity contribution in [1.29, 1.82) is 0 Å². The number of piperidine rings is 1. The number of nitrogens with zero attached hydrogens (tertiary/aromatic N) is 1. The van der Waals surface area contributed by atoms with E-state index in [1.165, 1.54) is 6.07 Å². The second-order valence-electron chi connectivity index (χ2n) is 8.17. The second kappa shape index (κ2) is 10.8. The number of hydrogen-bond donors (Lipinski definition) is 2. The van der Waals surface area contributed by atoms with E-state index in [4.69, 9.17) is 11.6 Å². The molecule has 4 N–H and O–H groups in total. The third kappa shape index (κ3) is 6.29. The fourth-order valence-corrected chi connectivity index (χ4v) is 4.26. The number of aromatic nitrogens is 1. The number of pyridine rings is 1. The van der Waals surface area contributed by atoms with Gasteiger partial charge in [-0.25, -0.2) is 0 Å². The van der Waals surface area contributed by atoms with Gasteiger partial charge in [0, 0.05) is 36.9 Å². The Hall–Kier alpha value is -1.89. The van der Waals surface area contributed by atoms with Gasteiger partial charge in [-0.2, -0.15) is 0 Å². The topological polar surface area (TPSA) is 96.7 Å². The van der Waals surface area contributed by atoms with E-state index < -0.39 is 0 Å². The molecule has 1 aliphatic carbocycles.